The Hall–Kier alpha value is -0.650. The summed E-state index contributed by atoms with van der Waals surface area (Å²) < 4.78 is 21.6. The number of carbonyl (C=O) groups is 1. The Morgan fingerprint density at radius 2 is 2.13 bits per heavy atom. The van der Waals surface area contributed by atoms with Gasteiger partial charge in [-0.1, -0.05) is 0 Å². The van der Waals surface area contributed by atoms with Gasteiger partial charge in [0.1, 0.15) is 5.60 Å². The average molecular weight is 216 g/mol. The van der Waals surface area contributed by atoms with Crippen LogP contribution < -0.4 is 0 Å². The fraction of sp³-hybridized carbons (Fsp3) is 0.900. The Morgan fingerprint density at radius 3 is 2.67 bits per heavy atom. The molecule has 0 radical (unpaired) electrons. The van der Waals surface area contributed by atoms with E-state index in [0.29, 0.717) is 19.6 Å². The predicted octanol–water partition coefficient (Wildman–Crippen LogP) is 0.818. The number of hydrogen-bond donors (Lipinski definition) is 0. The zero-order valence-corrected chi connectivity index (χ0v) is 9.24. The third-order valence-electron chi connectivity index (χ3n) is 2.51. The molecule has 0 aromatic rings. The first-order chi connectivity index (χ1) is 6.91. The Labute approximate surface area is 88.6 Å². The molecule has 5 nitrogen and oxygen atoms in total. The maximum Gasteiger partial charge on any atom is 0.304 e. The summed E-state index contributed by atoms with van der Waals surface area (Å²) in [7, 11) is 0. The van der Waals surface area contributed by atoms with Crippen LogP contribution in [-0.4, -0.2) is 36.9 Å². The van der Waals surface area contributed by atoms with Crippen molar-refractivity contribution in [2.24, 2.45) is 0 Å². The van der Waals surface area contributed by atoms with E-state index < -0.39 is 17.7 Å². The van der Waals surface area contributed by atoms with Crippen LogP contribution >= 0.6 is 0 Å². The lowest BCUT2D eigenvalue weighted by atomic mass is 10.0. The van der Waals surface area contributed by atoms with Gasteiger partial charge in [0.2, 0.25) is 6.29 Å². The van der Waals surface area contributed by atoms with Crippen LogP contribution in [0.5, 0.6) is 0 Å². The van der Waals surface area contributed by atoms with Crippen LogP contribution in [-0.2, 0) is 23.7 Å². The van der Waals surface area contributed by atoms with Crippen LogP contribution in [0.1, 0.15) is 27.2 Å². The van der Waals surface area contributed by atoms with Crippen LogP contribution in [0.2, 0.25) is 0 Å². The third kappa shape index (κ3) is 2.30. The number of esters is 1. The molecule has 2 aliphatic rings. The van der Waals surface area contributed by atoms with Crippen molar-refractivity contribution >= 4 is 5.97 Å². The largest absolute Gasteiger partial charge is 0.436 e. The fourth-order valence-corrected chi connectivity index (χ4v) is 1.98. The second kappa shape index (κ2) is 3.43. The molecule has 0 N–H and O–H groups in total. The average Bonchev–Trinajstić information content (AvgIpc) is 2.57. The molecule has 2 rings (SSSR count). The van der Waals surface area contributed by atoms with Crippen molar-refractivity contribution in [2.75, 3.05) is 13.2 Å². The summed E-state index contributed by atoms with van der Waals surface area (Å²) in [4.78, 5) is 10.8. The first-order valence-electron chi connectivity index (χ1n) is 5.04. The van der Waals surface area contributed by atoms with Crippen molar-refractivity contribution in [1.29, 1.82) is 0 Å². The first kappa shape index (κ1) is 10.9. The van der Waals surface area contributed by atoms with Crippen molar-refractivity contribution < 1.29 is 23.7 Å². The first-order valence-corrected chi connectivity index (χ1v) is 5.04. The van der Waals surface area contributed by atoms with E-state index in [9.17, 15) is 4.79 Å². The van der Waals surface area contributed by atoms with Crippen LogP contribution in [0.3, 0.4) is 0 Å². The van der Waals surface area contributed by atoms with Gasteiger partial charge in [0.25, 0.3) is 0 Å². The van der Waals surface area contributed by atoms with E-state index in [1.165, 1.54) is 6.92 Å². The molecule has 2 atom stereocenters. The molecular weight excluding hydrogens is 200 g/mol. The second-order valence-electron chi connectivity index (χ2n) is 4.53. The summed E-state index contributed by atoms with van der Waals surface area (Å²) in [5.74, 6) is -0.913. The zero-order valence-electron chi connectivity index (χ0n) is 9.24. The summed E-state index contributed by atoms with van der Waals surface area (Å²) in [5.41, 5.74) is -0.441. The van der Waals surface area contributed by atoms with Gasteiger partial charge in [0, 0.05) is 13.3 Å². The van der Waals surface area contributed by atoms with Gasteiger partial charge in [-0.05, 0) is 13.8 Å². The lowest BCUT2D eigenvalue weighted by Gasteiger charge is -2.22. The minimum atomic E-state index is -0.575. The summed E-state index contributed by atoms with van der Waals surface area (Å²) in [6.07, 6.45) is 0.0377. The summed E-state index contributed by atoms with van der Waals surface area (Å²) in [5, 5.41) is 0. The molecular formula is C10H16O5. The van der Waals surface area contributed by atoms with Gasteiger partial charge >= 0.3 is 5.97 Å². The van der Waals surface area contributed by atoms with E-state index in [2.05, 4.69) is 0 Å². The molecule has 86 valence electrons. The van der Waals surface area contributed by atoms with E-state index >= 15 is 0 Å². The van der Waals surface area contributed by atoms with Gasteiger partial charge in [-0.15, -0.1) is 0 Å². The van der Waals surface area contributed by atoms with Gasteiger partial charge in [-0.25, -0.2) is 0 Å². The van der Waals surface area contributed by atoms with Gasteiger partial charge in [0.05, 0.1) is 13.2 Å². The van der Waals surface area contributed by atoms with Crippen molar-refractivity contribution in [3.05, 3.63) is 0 Å². The Morgan fingerprint density at radius 1 is 1.40 bits per heavy atom. The van der Waals surface area contributed by atoms with E-state index in [4.69, 9.17) is 18.9 Å². The molecule has 0 aromatic heterocycles. The van der Waals surface area contributed by atoms with Gasteiger partial charge in [-0.3, -0.25) is 4.79 Å². The highest BCUT2D eigenvalue weighted by atomic mass is 16.8. The quantitative estimate of drug-likeness (QED) is 0.607. The highest BCUT2D eigenvalue weighted by Gasteiger charge is 2.51. The van der Waals surface area contributed by atoms with E-state index in [0.717, 1.165) is 0 Å². The number of hydrogen-bond acceptors (Lipinski definition) is 5. The fourth-order valence-electron chi connectivity index (χ4n) is 1.98. The predicted molar refractivity (Wildman–Crippen MR) is 50.0 cm³/mol. The molecule has 2 fully saturated rings. The van der Waals surface area contributed by atoms with Crippen LogP contribution in [0.15, 0.2) is 0 Å². The SMILES string of the molecule is CC(=O)OC1CC2(CO1)COC(C)(C)O2. The molecule has 5 heteroatoms. The van der Waals surface area contributed by atoms with Crippen LogP contribution in [0.25, 0.3) is 0 Å². The zero-order chi connectivity index (χ0) is 11.1. The lowest BCUT2D eigenvalue weighted by Crippen LogP contribution is -2.35. The summed E-state index contributed by atoms with van der Waals surface area (Å²) in [6.45, 7) is 5.98. The van der Waals surface area contributed by atoms with Gasteiger partial charge in [-0.2, -0.15) is 0 Å². The van der Waals surface area contributed by atoms with Gasteiger partial charge in [0.15, 0.2) is 5.79 Å². The molecule has 2 unspecified atom stereocenters. The van der Waals surface area contributed by atoms with E-state index in [1.54, 1.807) is 0 Å². The second-order valence-corrected chi connectivity index (χ2v) is 4.53. The lowest BCUT2D eigenvalue weighted by molar-refractivity contribution is -0.167. The summed E-state index contributed by atoms with van der Waals surface area (Å²) >= 11 is 0. The molecule has 0 bridgehead atoms. The van der Waals surface area contributed by atoms with Crippen molar-refractivity contribution in [3.8, 4) is 0 Å². The molecule has 0 saturated carbocycles. The van der Waals surface area contributed by atoms with E-state index in [-0.39, 0.29) is 5.97 Å². The molecule has 15 heavy (non-hydrogen) atoms. The number of carbonyl (C=O) groups excluding carboxylic acids is 1. The molecule has 2 saturated heterocycles. The Balaban J connectivity index is 1.95. The highest BCUT2D eigenvalue weighted by Crippen LogP contribution is 2.39. The van der Waals surface area contributed by atoms with Crippen LogP contribution in [0.4, 0.5) is 0 Å². The number of rotatable bonds is 1. The monoisotopic (exact) mass is 216 g/mol. The van der Waals surface area contributed by atoms with Crippen LogP contribution in [0, 0.1) is 0 Å². The van der Waals surface area contributed by atoms with Crippen molar-refractivity contribution in [1.82, 2.24) is 0 Å². The standard InChI is InChI=1S/C10H16O5/c1-7(11)14-8-4-10(5-12-8)6-13-9(2,3)15-10/h8H,4-6H2,1-3H3. The summed E-state index contributed by atoms with van der Waals surface area (Å²) in [6, 6.07) is 0. The smallest absolute Gasteiger partial charge is 0.304 e. The van der Waals surface area contributed by atoms with Crippen molar-refractivity contribution in [3.63, 3.8) is 0 Å². The Bertz CT molecular complexity index is 275. The molecule has 0 amide bonds. The number of ether oxygens (including phenoxy) is 4. The molecule has 2 aliphatic heterocycles. The minimum Gasteiger partial charge on any atom is -0.436 e. The molecule has 0 aromatic carbocycles. The highest BCUT2D eigenvalue weighted by molar-refractivity contribution is 5.66. The maximum atomic E-state index is 10.8. The topological polar surface area (TPSA) is 54.0 Å². The third-order valence-corrected chi connectivity index (χ3v) is 2.51. The Kier molecular flexibility index (Phi) is 2.48. The minimum absolute atomic E-state index is 0.338. The normalized spacial score (nSPS) is 38.5. The van der Waals surface area contributed by atoms with E-state index in [1.807, 2.05) is 13.8 Å². The molecule has 1 spiro atoms. The maximum absolute atomic E-state index is 10.8. The van der Waals surface area contributed by atoms with Crippen molar-refractivity contribution in [2.45, 2.75) is 44.9 Å². The van der Waals surface area contributed by atoms with Gasteiger partial charge < -0.3 is 18.9 Å². The molecule has 2 heterocycles. The molecule has 0 aliphatic carbocycles.